The summed E-state index contributed by atoms with van der Waals surface area (Å²) in [6, 6.07) is 19.6. The molecule has 4 aromatic carbocycles. The topological polar surface area (TPSA) is 227 Å². The third-order valence-electron chi connectivity index (χ3n) is 5.42. The predicted molar refractivity (Wildman–Crippen MR) is 145 cm³/mol. The van der Waals surface area contributed by atoms with Gasteiger partial charge in [0.05, 0.1) is 22.1 Å². The van der Waals surface area contributed by atoms with Gasteiger partial charge < -0.3 is 19.5 Å². The maximum absolute atomic E-state index is 12.3. The molecule has 0 unspecified atom stereocenters. The molecule has 0 heterocycles. The molecule has 19 heteroatoms. The largest absolute Gasteiger partial charge is 1.00 e. The Kier molecular flexibility index (Phi) is 13.3. The average Bonchev–Trinajstić information content (AvgIpc) is 2.90. The van der Waals surface area contributed by atoms with E-state index in [9.17, 15) is 39.5 Å². The number of rotatable bonds is 11. The van der Waals surface area contributed by atoms with Crippen molar-refractivity contribution in [2.24, 2.45) is 10.2 Å². The second-order valence-electron chi connectivity index (χ2n) is 8.27. The van der Waals surface area contributed by atoms with Gasteiger partial charge in [-0.05, 0) is 60.0 Å². The van der Waals surface area contributed by atoms with Gasteiger partial charge in [-0.2, -0.15) is 5.11 Å². The van der Waals surface area contributed by atoms with Crippen molar-refractivity contribution < 1.29 is 103 Å². The zero-order chi connectivity index (χ0) is 29.8. The molecule has 0 saturated heterocycles. The summed E-state index contributed by atoms with van der Waals surface area (Å²) in [6.07, 6.45) is 0. The summed E-state index contributed by atoms with van der Waals surface area (Å²) in [5.41, 5.74) is 0.759. The Hall–Kier alpha value is -1.97. The van der Waals surface area contributed by atoms with E-state index in [1.54, 1.807) is 12.1 Å². The molecule has 0 atom stereocenters. The van der Waals surface area contributed by atoms with E-state index in [0.29, 0.717) is 5.69 Å². The number of anilines is 2. The number of nitrogens with zero attached hydrogens (tertiary/aromatic N) is 2. The van der Waals surface area contributed by atoms with Crippen molar-refractivity contribution >= 4 is 64.1 Å². The number of nitrogens with one attached hydrogen (secondary N) is 2. The monoisotopic (exact) mass is 666 g/mol. The van der Waals surface area contributed by atoms with Crippen LogP contribution in [0.2, 0.25) is 0 Å². The van der Waals surface area contributed by atoms with Gasteiger partial charge in [0.15, 0.2) is 5.75 Å². The SMILES string of the molecule is O=S(=O)([O-])OCCNS(=O)(=O)c1ccc(N=Nc2c(S(=O)(=O)[O-])cc3ccc(Nc4ccccc4)cc3c2O)cc1.[Na+].[Na+]. The molecule has 0 fully saturated rings. The van der Waals surface area contributed by atoms with Crippen LogP contribution < -0.4 is 69.2 Å². The molecule has 3 N–H and O–H groups in total. The zero-order valence-electron chi connectivity index (χ0n) is 22.7. The van der Waals surface area contributed by atoms with E-state index >= 15 is 0 Å². The molecule has 4 aromatic rings. The fourth-order valence-electron chi connectivity index (χ4n) is 3.60. The van der Waals surface area contributed by atoms with Crippen LogP contribution in [0.25, 0.3) is 10.8 Å². The number of para-hydroxylation sites is 1. The summed E-state index contributed by atoms with van der Waals surface area (Å²) in [5.74, 6) is -0.608. The summed E-state index contributed by atoms with van der Waals surface area (Å²) < 4.78 is 97.8. The average molecular weight is 667 g/mol. The fraction of sp³-hybridized carbons (Fsp3) is 0.0833. The van der Waals surface area contributed by atoms with Gasteiger partial charge in [0.25, 0.3) is 0 Å². The summed E-state index contributed by atoms with van der Waals surface area (Å²) in [7, 11) is -14.2. The molecule has 14 nitrogen and oxygen atoms in total. The van der Waals surface area contributed by atoms with Gasteiger partial charge in [-0.25, -0.2) is 30.0 Å². The van der Waals surface area contributed by atoms with Gasteiger partial charge in [-0.15, -0.1) is 5.11 Å². The molecule has 4 rings (SSSR count). The second kappa shape index (κ2) is 15.3. The maximum Gasteiger partial charge on any atom is 1.00 e. The van der Waals surface area contributed by atoms with Crippen molar-refractivity contribution in [1.29, 1.82) is 0 Å². The van der Waals surface area contributed by atoms with Crippen LogP contribution in [0.3, 0.4) is 0 Å². The molecule has 0 aliphatic heterocycles. The van der Waals surface area contributed by atoms with Crippen LogP contribution in [0.5, 0.6) is 5.75 Å². The van der Waals surface area contributed by atoms with Crippen molar-refractivity contribution in [2.45, 2.75) is 9.79 Å². The number of fused-ring (bicyclic) bond motifs is 1. The normalized spacial score (nSPS) is 12.0. The maximum atomic E-state index is 12.3. The molecular weight excluding hydrogens is 646 g/mol. The molecule has 0 saturated carbocycles. The van der Waals surface area contributed by atoms with Crippen LogP contribution in [0.15, 0.2) is 98.9 Å². The number of aromatic hydroxyl groups is 1. The Morgan fingerprint density at radius 3 is 2.05 bits per heavy atom. The van der Waals surface area contributed by atoms with Gasteiger partial charge in [0.2, 0.25) is 20.4 Å². The van der Waals surface area contributed by atoms with Crippen LogP contribution in [0.4, 0.5) is 22.7 Å². The molecule has 0 aliphatic carbocycles. The van der Waals surface area contributed by atoms with Crippen molar-refractivity contribution in [3.05, 3.63) is 78.9 Å². The Balaban J connectivity index is 0.00000323. The number of hydrogen-bond acceptors (Lipinski definition) is 13. The summed E-state index contributed by atoms with van der Waals surface area (Å²) >= 11 is 0. The number of sulfonamides is 1. The third-order valence-corrected chi connectivity index (χ3v) is 8.20. The minimum absolute atomic E-state index is 0. The summed E-state index contributed by atoms with van der Waals surface area (Å²) in [5, 5.41) is 22.1. The first-order chi connectivity index (χ1) is 19.2. The van der Waals surface area contributed by atoms with E-state index in [1.165, 1.54) is 18.2 Å². The van der Waals surface area contributed by atoms with E-state index in [4.69, 9.17) is 0 Å². The molecule has 0 aliphatic rings. The number of phenols is 1. The van der Waals surface area contributed by atoms with Gasteiger partial charge in [0.1, 0.15) is 15.8 Å². The summed E-state index contributed by atoms with van der Waals surface area (Å²) in [6.45, 7) is -1.21. The van der Waals surface area contributed by atoms with Crippen molar-refractivity contribution in [3.63, 3.8) is 0 Å². The predicted octanol–water partition coefficient (Wildman–Crippen LogP) is -2.63. The van der Waals surface area contributed by atoms with Gasteiger partial charge in [-0.1, -0.05) is 24.3 Å². The quantitative estimate of drug-likeness (QED) is 0.0493. The Labute approximate surface area is 291 Å². The molecular formula is C24H20N4Na2O10S3. The molecule has 0 spiro atoms. The zero-order valence-corrected chi connectivity index (χ0v) is 29.1. The minimum atomic E-state index is -5.09. The molecule has 0 aromatic heterocycles. The van der Waals surface area contributed by atoms with E-state index in [2.05, 4.69) is 19.7 Å². The first-order valence-corrected chi connectivity index (χ1v) is 15.6. The van der Waals surface area contributed by atoms with Crippen molar-refractivity contribution in [2.75, 3.05) is 18.5 Å². The number of azo groups is 1. The second-order valence-corrected chi connectivity index (χ2v) is 12.4. The smallest absolute Gasteiger partial charge is 0.744 e. The minimum Gasteiger partial charge on any atom is -0.744 e. The van der Waals surface area contributed by atoms with E-state index in [1.807, 2.05) is 35.1 Å². The molecule has 0 radical (unpaired) electrons. The third kappa shape index (κ3) is 10.3. The van der Waals surface area contributed by atoms with Crippen LogP contribution in [-0.4, -0.2) is 52.6 Å². The van der Waals surface area contributed by atoms with Crippen LogP contribution >= 0.6 is 0 Å². The van der Waals surface area contributed by atoms with Gasteiger partial charge >= 0.3 is 59.1 Å². The Morgan fingerprint density at radius 1 is 0.791 bits per heavy atom. The Morgan fingerprint density at radius 2 is 1.44 bits per heavy atom. The van der Waals surface area contributed by atoms with E-state index in [0.717, 1.165) is 23.9 Å². The standard InChI is InChI=1S/C24H22N4O10S3.2Na/c29-24-21-15-19(26-17-4-2-1-3-5-17)7-6-16(21)14-22(40(32,33)34)23(24)28-27-18-8-10-20(11-9-18)39(30,31)25-12-13-38-41(35,36)37;;/h1-11,14-15,25-26,29H,12-13H2,(H,32,33,34)(H,35,36,37);;/q;2*+1/p-2. The van der Waals surface area contributed by atoms with Crippen LogP contribution in [0.1, 0.15) is 0 Å². The van der Waals surface area contributed by atoms with E-state index < -0.39 is 60.0 Å². The molecule has 0 bridgehead atoms. The molecule has 43 heavy (non-hydrogen) atoms. The van der Waals surface area contributed by atoms with Gasteiger partial charge in [-0.3, -0.25) is 4.18 Å². The summed E-state index contributed by atoms with van der Waals surface area (Å²) in [4.78, 5) is -1.06. The number of phenolic OH excluding ortho intramolecular Hbond substituents is 1. The van der Waals surface area contributed by atoms with E-state index in [-0.39, 0.29) is 80.5 Å². The number of benzene rings is 4. The molecule has 0 amide bonds. The van der Waals surface area contributed by atoms with Crippen molar-refractivity contribution in [1.82, 2.24) is 4.72 Å². The van der Waals surface area contributed by atoms with Gasteiger partial charge in [0, 0.05) is 23.3 Å². The van der Waals surface area contributed by atoms with Crippen molar-refractivity contribution in [3.8, 4) is 5.75 Å². The first kappa shape index (κ1) is 37.2. The fourth-order valence-corrected chi connectivity index (χ4v) is 5.54. The van der Waals surface area contributed by atoms with Crippen LogP contribution in [-0.2, 0) is 34.7 Å². The van der Waals surface area contributed by atoms with Crippen LogP contribution in [0, 0.1) is 0 Å². The first-order valence-electron chi connectivity index (χ1n) is 11.4. The number of hydrogen-bond donors (Lipinski definition) is 3. The Bertz CT molecular complexity index is 1940. The molecule has 216 valence electrons.